The smallest absolute Gasteiger partial charge is 0.140 e. The molecule has 7 rings (SSSR count). The minimum Gasteiger partial charge on any atom is -0.456 e. The molecule has 0 unspecified atom stereocenters. The highest BCUT2D eigenvalue weighted by Crippen LogP contribution is 2.63. The molecule has 5 aromatic carbocycles. The van der Waals surface area contributed by atoms with Crippen LogP contribution in [0.2, 0.25) is 5.02 Å². The number of hydrogen-bond donors (Lipinski definition) is 0. The predicted octanol–water partition coefficient (Wildman–Crippen LogP) is 8.48. The first-order valence-corrected chi connectivity index (χ1v) is 11.5. The van der Waals surface area contributed by atoms with Gasteiger partial charge in [0.1, 0.15) is 11.5 Å². The van der Waals surface area contributed by atoms with Gasteiger partial charge < -0.3 is 4.74 Å². The second kappa shape index (κ2) is 6.84. The molecule has 2 heteroatoms. The van der Waals surface area contributed by atoms with Crippen molar-refractivity contribution in [1.82, 2.24) is 0 Å². The van der Waals surface area contributed by atoms with Crippen LogP contribution in [0, 0.1) is 0 Å². The highest BCUT2D eigenvalue weighted by molar-refractivity contribution is 6.31. The van der Waals surface area contributed by atoms with Gasteiger partial charge in [-0.25, -0.2) is 0 Å². The molecule has 2 aliphatic rings. The van der Waals surface area contributed by atoms with E-state index in [4.69, 9.17) is 16.3 Å². The number of fused-ring (bicyclic) bond motifs is 9. The highest BCUT2D eigenvalue weighted by atomic mass is 35.5. The molecule has 156 valence electrons. The zero-order valence-electron chi connectivity index (χ0n) is 17.8. The van der Waals surface area contributed by atoms with Gasteiger partial charge in [-0.15, -0.1) is 0 Å². The molecule has 0 aromatic heterocycles. The Hall–Kier alpha value is -3.81. The quantitative estimate of drug-likeness (QED) is 0.247. The van der Waals surface area contributed by atoms with Crippen LogP contribution < -0.4 is 4.74 Å². The first-order chi connectivity index (χ1) is 16.3. The molecule has 0 saturated carbocycles. The van der Waals surface area contributed by atoms with Crippen LogP contribution in [0.15, 0.2) is 115 Å². The topological polar surface area (TPSA) is 9.23 Å². The fourth-order valence-electron chi connectivity index (χ4n) is 5.75. The maximum Gasteiger partial charge on any atom is 0.140 e. The Morgan fingerprint density at radius 2 is 1.09 bits per heavy atom. The average molecular weight is 443 g/mol. The van der Waals surface area contributed by atoms with Crippen molar-refractivity contribution in [3.63, 3.8) is 0 Å². The normalized spacial score (nSPS) is 14.1. The summed E-state index contributed by atoms with van der Waals surface area (Å²) in [6.45, 7) is 0. The molecule has 5 aromatic rings. The van der Waals surface area contributed by atoms with Crippen LogP contribution in [0.1, 0.15) is 22.3 Å². The standard InChI is InChI=1S/C31H19ClO/c32-21-18-24(20-10-2-1-3-11-20)30-28(19-21)31(27-16-8-9-17-29(27)33-30)25-14-6-4-12-22(25)23-13-5-7-15-26(23)31/h1-19H. The molecule has 0 atom stereocenters. The second-order valence-electron chi connectivity index (χ2n) is 8.64. The fraction of sp³-hybridized carbons (Fsp3) is 0.0323. The highest BCUT2D eigenvalue weighted by Gasteiger charge is 2.51. The summed E-state index contributed by atoms with van der Waals surface area (Å²) in [4.78, 5) is 0. The number of halogens is 1. The van der Waals surface area contributed by atoms with Gasteiger partial charge in [-0.3, -0.25) is 0 Å². The molecule has 1 aliphatic heterocycles. The maximum absolute atomic E-state index is 6.82. The van der Waals surface area contributed by atoms with Gasteiger partial charge in [0.15, 0.2) is 0 Å². The third-order valence-electron chi connectivity index (χ3n) is 7.00. The largest absolute Gasteiger partial charge is 0.456 e. The van der Waals surface area contributed by atoms with Gasteiger partial charge in [-0.05, 0) is 46.0 Å². The average Bonchev–Trinajstić information content (AvgIpc) is 3.16. The van der Waals surface area contributed by atoms with E-state index in [-0.39, 0.29) is 0 Å². The monoisotopic (exact) mass is 442 g/mol. The number of hydrogen-bond acceptors (Lipinski definition) is 1. The molecule has 0 bridgehead atoms. The summed E-state index contributed by atoms with van der Waals surface area (Å²) in [6.07, 6.45) is 0. The lowest BCUT2D eigenvalue weighted by atomic mass is 9.65. The van der Waals surface area contributed by atoms with Crippen molar-refractivity contribution in [1.29, 1.82) is 0 Å². The molecule has 0 radical (unpaired) electrons. The summed E-state index contributed by atoms with van der Waals surface area (Å²) in [6, 6.07) is 40.3. The number of benzene rings is 5. The van der Waals surface area contributed by atoms with Crippen molar-refractivity contribution in [2.24, 2.45) is 0 Å². The van der Waals surface area contributed by atoms with Gasteiger partial charge in [0.05, 0.1) is 5.41 Å². The van der Waals surface area contributed by atoms with Crippen LogP contribution in [0.4, 0.5) is 0 Å². The lowest BCUT2D eigenvalue weighted by Crippen LogP contribution is -2.32. The summed E-state index contributed by atoms with van der Waals surface area (Å²) in [5.41, 5.74) is 8.90. The van der Waals surface area contributed by atoms with Crippen molar-refractivity contribution in [2.45, 2.75) is 5.41 Å². The number of ether oxygens (including phenoxy) is 1. The number of rotatable bonds is 1. The Morgan fingerprint density at radius 1 is 0.515 bits per heavy atom. The van der Waals surface area contributed by atoms with Crippen molar-refractivity contribution in [3.05, 3.63) is 143 Å². The van der Waals surface area contributed by atoms with Gasteiger partial charge >= 0.3 is 0 Å². The van der Waals surface area contributed by atoms with E-state index in [1.165, 1.54) is 22.3 Å². The van der Waals surface area contributed by atoms with Crippen molar-refractivity contribution >= 4 is 11.6 Å². The van der Waals surface area contributed by atoms with Crippen LogP contribution >= 0.6 is 11.6 Å². The van der Waals surface area contributed by atoms with E-state index < -0.39 is 5.41 Å². The van der Waals surface area contributed by atoms with E-state index in [1.807, 2.05) is 18.2 Å². The minimum atomic E-state index is -0.494. The third-order valence-corrected chi connectivity index (χ3v) is 7.22. The molecule has 1 spiro atoms. The second-order valence-corrected chi connectivity index (χ2v) is 9.07. The number of para-hydroxylation sites is 1. The Morgan fingerprint density at radius 3 is 1.79 bits per heavy atom. The third kappa shape index (κ3) is 2.43. The van der Waals surface area contributed by atoms with E-state index in [0.29, 0.717) is 5.02 Å². The lowest BCUT2D eigenvalue weighted by Gasteiger charge is -2.40. The molecular weight excluding hydrogens is 424 g/mol. The van der Waals surface area contributed by atoms with Gasteiger partial charge in [0.25, 0.3) is 0 Å². The van der Waals surface area contributed by atoms with E-state index in [1.54, 1.807) is 0 Å². The first-order valence-electron chi connectivity index (χ1n) is 11.1. The van der Waals surface area contributed by atoms with Gasteiger partial charge in [-0.1, -0.05) is 109 Å². The summed E-state index contributed by atoms with van der Waals surface area (Å²) >= 11 is 6.82. The Balaban J connectivity index is 1.68. The van der Waals surface area contributed by atoms with Crippen LogP contribution in [-0.2, 0) is 5.41 Å². The van der Waals surface area contributed by atoms with Crippen LogP contribution in [0.25, 0.3) is 22.3 Å². The van der Waals surface area contributed by atoms with Crippen LogP contribution in [-0.4, -0.2) is 0 Å². The molecule has 0 fully saturated rings. The van der Waals surface area contributed by atoms with Gasteiger partial charge in [0, 0.05) is 21.7 Å². The molecule has 0 N–H and O–H groups in total. The molecule has 1 heterocycles. The summed E-state index contributed by atoms with van der Waals surface area (Å²) < 4.78 is 6.68. The van der Waals surface area contributed by atoms with Crippen LogP contribution in [0.5, 0.6) is 11.5 Å². The summed E-state index contributed by atoms with van der Waals surface area (Å²) in [7, 11) is 0. The minimum absolute atomic E-state index is 0.494. The van der Waals surface area contributed by atoms with Crippen molar-refractivity contribution in [2.75, 3.05) is 0 Å². The SMILES string of the molecule is Clc1cc(-c2ccccc2)c2c(c1)C1(c3ccccc3O2)c2ccccc2-c2ccccc21. The van der Waals surface area contributed by atoms with Gasteiger partial charge in [-0.2, -0.15) is 0 Å². The summed E-state index contributed by atoms with van der Waals surface area (Å²) in [5.74, 6) is 1.76. The molecule has 1 aliphatic carbocycles. The Bertz CT molecular complexity index is 1510. The van der Waals surface area contributed by atoms with E-state index in [0.717, 1.165) is 33.8 Å². The van der Waals surface area contributed by atoms with E-state index >= 15 is 0 Å². The fourth-order valence-corrected chi connectivity index (χ4v) is 5.97. The zero-order chi connectivity index (χ0) is 22.0. The Labute approximate surface area is 197 Å². The van der Waals surface area contributed by atoms with Crippen molar-refractivity contribution < 1.29 is 4.74 Å². The lowest BCUT2D eigenvalue weighted by molar-refractivity contribution is 0.438. The van der Waals surface area contributed by atoms with E-state index in [9.17, 15) is 0 Å². The van der Waals surface area contributed by atoms with Crippen molar-refractivity contribution in [3.8, 4) is 33.8 Å². The maximum atomic E-state index is 6.82. The summed E-state index contributed by atoms with van der Waals surface area (Å²) in [5, 5.41) is 0.705. The molecular formula is C31H19ClO. The zero-order valence-corrected chi connectivity index (χ0v) is 18.5. The predicted molar refractivity (Wildman–Crippen MR) is 134 cm³/mol. The first kappa shape index (κ1) is 18.7. The Kier molecular flexibility index (Phi) is 3.88. The van der Waals surface area contributed by atoms with E-state index in [2.05, 4.69) is 97.1 Å². The molecule has 1 nitrogen and oxygen atoms in total. The molecule has 33 heavy (non-hydrogen) atoms. The van der Waals surface area contributed by atoms with Crippen LogP contribution in [0.3, 0.4) is 0 Å². The molecule has 0 saturated heterocycles. The molecule has 0 amide bonds. The van der Waals surface area contributed by atoms with Gasteiger partial charge in [0.2, 0.25) is 0 Å².